The number of aliphatic hydroxyl groups excluding tert-OH is 1. The zero-order chi connectivity index (χ0) is 22.1. The summed E-state index contributed by atoms with van der Waals surface area (Å²) in [5, 5.41) is 9.08. The quantitative estimate of drug-likeness (QED) is 0.344. The van der Waals surface area contributed by atoms with E-state index in [0.717, 1.165) is 4.90 Å². The van der Waals surface area contributed by atoms with Gasteiger partial charge in [-0.05, 0) is 31.5 Å². The van der Waals surface area contributed by atoms with Gasteiger partial charge < -0.3 is 9.84 Å². The largest absolute Gasteiger partial charge is 0.464 e. The predicted octanol–water partition coefficient (Wildman–Crippen LogP) is 0.363. The molecule has 0 fully saturated rings. The first kappa shape index (κ1) is 21.8. The third kappa shape index (κ3) is 4.04. The van der Waals surface area contributed by atoms with E-state index >= 15 is 0 Å². The average Bonchev–Trinajstić information content (AvgIpc) is 2.93. The molecule has 0 saturated carbocycles. The highest BCUT2D eigenvalue weighted by molar-refractivity contribution is 7.89. The van der Waals surface area contributed by atoms with Crippen molar-refractivity contribution in [2.45, 2.75) is 25.2 Å². The number of hydrogen-bond acceptors (Lipinski definition) is 8. The molecular formula is C19H21N3O7S. The zero-order valence-corrected chi connectivity index (χ0v) is 17.3. The van der Waals surface area contributed by atoms with Gasteiger partial charge in [0.15, 0.2) is 0 Å². The number of imide groups is 1. The minimum atomic E-state index is -3.88. The Bertz CT molecular complexity index is 1140. The molecule has 30 heavy (non-hydrogen) atoms. The number of fused-ring (bicyclic) bond motifs is 3. The van der Waals surface area contributed by atoms with E-state index in [9.17, 15) is 22.8 Å². The Morgan fingerprint density at radius 3 is 2.60 bits per heavy atom. The van der Waals surface area contributed by atoms with Gasteiger partial charge in [-0.15, -0.1) is 0 Å². The molecular weight excluding hydrogens is 414 g/mol. The van der Waals surface area contributed by atoms with E-state index in [0.29, 0.717) is 11.2 Å². The van der Waals surface area contributed by atoms with E-state index in [1.54, 1.807) is 6.92 Å². The molecule has 1 aromatic heterocycles. The van der Waals surface area contributed by atoms with Crippen molar-refractivity contribution in [1.29, 1.82) is 0 Å². The normalized spacial score (nSPS) is 13.8. The maximum absolute atomic E-state index is 13.0. The number of esters is 1. The van der Waals surface area contributed by atoms with Gasteiger partial charge in [-0.2, -0.15) is 0 Å². The second-order valence-electron chi connectivity index (χ2n) is 6.70. The summed E-state index contributed by atoms with van der Waals surface area (Å²) in [7, 11) is -3.88. The SMILES string of the molecule is CC(=O)OCCN1C(=O)c2c(C)nc3ccc(S(=O)(=O)NCCCO)cc3c2C1=O. The molecule has 2 heterocycles. The Kier molecular flexibility index (Phi) is 6.15. The van der Waals surface area contributed by atoms with Crippen LogP contribution in [0.4, 0.5) is 0 Å². The molecule has 2 N–H and O–H groups in total. The molecule has 0 spiro atoms. The van der Waals surface area contributed by atoms with Gasteiger partial charge in [0, 0.05) is 25.5 Å². The third-order valence-electron chi connectivity index (χ3n) is 4.61. The molecule has 10 nitrogen and oxygen atoms in total. The fourth-order valence-electron chi connectivity index (χ4n) is 3.23. The molecule has 0 unspecified atom stereocenters. The molecule has 11 heteroatoms. The van der Waals surface area contributed by atoms with E-state index in [1.807, 2.05) is 0 Å². The minimum Gasteiger partial charge on any atom is -0.464 e. The van der Waals surface area contributed by atoms with Crippen LogP contribution in [0.1, 0.15) is 39.8 Å². The summed E-state index contributed by atoms with van der Waals surface area (Å²) in [6.07, 6.45) is 0.257. The number of nitrogens with zero attached hydrogens (tertiary/aromatic N) is 2. The monoisotopic (exact) mass is 435 g/mol. The van der Waals surface area contributed by atoms with Gasteiger partial charge in [-0.3, -0.25) is 24.3 Å². The van der Waals surface area contributed by atoms with Gasteiger partial charge in [0.05, 0.1) is 33.8 Å². The summed E-state index contributed by atoms with van der Waals surface area (Å²) in [4.78, 5) is 41.9. The average molecular weight is 435 g/mol. The standard InChI is InChI=1S/C19H21N3O7S/c1-11-16-17(19(26)22(18(16)25)7-9-29-12(2)24)14-10-13(4-5-15(14)21-11)30(27,28)20-6-3-8-23/h4-5,10,20,23H,3,6-9H2,1-2H3. The highest BCUT2D eigenvalue weighted by atomic mass is 32.2. The fraction of sp³-hybridized carbons (Fsp3) is 0.368. The Morgan fingerprint density at radius 2 is 1.93 bits per heavy atom. The van der Waals surface area contributed by atoms with Crippen LogP contribution in [-0.2, 0) is 19.6 Å². The number of sulfonamides is 1. The zero-order valence-electron chi connectivity index (χ0n) is 16.5. The van der Waals surface area contributed by atoms with Crippen molar-refractivity contribution in [3.8, 4) is 0 Å². The van der Waals surface area contributed by atoms with Crippen molar-refractivity contribution >= 4 is 38.7 Å². The Labute approximate surface area is 172 Å². The highest BCUT2D eigenvalue weighted by Crippen LogP contribution is 2.32. The number of benzene rings is 1. The van der Waals surface area contributed by atoms with Crippen molar-refractivity contribution in [2.24, 2.45) is 0 Å². The molecule has 3 rings (SSSR count). The van der Waals surface area contributed by atoms with Gasteiger partial charge in [-0.25, -0.2) is 13.1 Å². The number of carbonyl (C=O) groups is 3. The van der Waals surface area contributed by atoms with Crippen LogP contribution in [0.25, 0.3) is 10.9 Å². The molecule has 0 atom stereocenters. The third-order valence-corrected chi connectivity index (χ3v) is 6.07. The molecule has 0 bridgehead atoms. The lowest BCUT2D eigenvalue weighted by atomic mass is 10.0. The first-order chi connectivity index (χ1) is 14.2. The smallest absolute Gasteiger partial charge is 0.302 e. The molecule has 1 aliphatic rings. The molecule has 2 amide bonds. The molecule has 1 aliphatic heterocycles. The van der Waals surface area contributed by atoms with E-state index in [-0.39, 0.29) is 54.1 Å². The fourth-order valence-corrected chi connectivity index (χ4v) is 4.33. The van der Waals surface area contributed by atoms with Gasteiger partial charge in [0.1, 0.15) is 6.61 Å². The van der Waals surface area contributed by atoms with E-state index in [4.69, 9.17) is 9.84 Å². The number of ether oxygens (including phenoxy) is 1. The van der Waals surface area contributed by atoms with Crippen LogP contribution in [0, 0.1) is 6.92 Å². The van der Waals surface area contributed by atoms with Crippen molar-refractivity contribution in [3.63, 3.8) is 0 Å². The van der Waals surface area contributed by atoms with Crippen molar-refractivity contribution in [1.82, 2.24) is 14.6 Å². The number of aromatic nitrogens is 1. The maximum Gasteiger partial charge on any atom is 0.302 e. The second-order valence-corrected chi connectivity index (χ2v) is 8.47. The van der Waals surface area contributed by atoms with Crippen molar-refractivity contribution in [2.75, 3.05) is 26.3 Å². The van der Waals surface area contributed by atoms with E-state index in [1.165, 1.54) is 25.1 Å². The maximum atomic E-state index is 13.0. The van der Waals surface area contributed by atoms with Gasteiger partial charge >= 0.3 is 5.97 Å². The van der Waals surface area contributed by atoms with E-state index in [2.05, 4.69) is 9.71 Å². The Hall–Kier alpha value is -2.89. The highest BCUT2D eigenvalue weighted by Gasteiger charge is 2.39. The van der Waals surface area contributed by atoms with Crippen LogP contribution >= 0.6 is 0 Å². The van der Waals surface area contributed by atoms with Gasteiger partial charge in [-0.1, -0.05) is 0 Å². The molecule has 160 valence electrons. The van der Waals surface area contributed by atoms with Crippen molar-refractivity contribution in [3.05, 3.63) is 35.0 Å². The van der Waals surface area contributed by atoms with Crippen LogP contribution in [0.3, 0.4) is 0 Å². The number of nitrogens with one attached hydrogen (secondary N) is 1. The van der Waals surface area contributed by atoms with Gasteiger partial charge in [0.2, 0.25) is 10.0 Å². The van der Waals surface area contributed by atoms with Crippen LogP contribution in [0.2, 0.25) is 0 Å². The van der Waals surface area contributed by atoms with Crippen LogP contribution < -0.4 is 4.72 Å². The van der Waals surface area contributed by atoms with Crippen molar-refractivity contribution < 1.29 is 32.6 Å². The Morgan fingerprint density at radius 1 is 1.23 bits per heavy atom. The lowest BCUT2D eigenvalue weighted by Crippen LogP contribution is -2.33. The number of amides is 2. The van der Waals surface area contributed by atoms with Crippen LogP contribution in [0.5, 0.6) is 0 Å². The Balaban J connectivity index is 2.04. The molecule has 0 saturated heterocycles. The number of rotatable bonds is 8. The van der Waals surface area contributed by atoms with Crippen LogP contribution in [-0.4, -0.2) is 67.5 Å². The number of hydrogen-bond donors (Lipinski definition) is 2. The second kappa shape index (κ2) is 8.46. The first-order valence-electron chi connectivity index (χ1n) is 9.22. The lowest BCUT2D eigenvalue weighted by Gasteiger charge is -2.13. The number of aryl methyl sites for hydroxylation is 1. The summed E-state index contributed by atoms with van der Waals surface area (Å²) in [6.45, 7) is 2.47. The minimum absolute atomic E-state index is 0.0580. The summed E-state index contributed by atoms with van der Waals surface area (Å²) in [5.41, 5.74) is 0.918. The predicted molar refractivity (Wildman–Crippen MR) is 105 cm³/mol. The van der Waals surface area contributed by atoms with Gasteiger partial charge in [0.25, 0.3) is 11.8 Å². The summed E-state index contributed by atoms with van der Waals surface area (Å²) in [5.74, 6) is -1.69. The van der Waals surface area contributed by atoms with Crippen LogP contribution in [0.15, 0.2) is 23.1 Å². The number of carbonyl (C=O) groups excluding carboxylic acids is 3. The summed E-state index contributed by atoms with van der Waals surface area (Å²) >= 11 is 0. The molecule has 2 aromatic rings. The summed E-state index contributed by atoms with van der Waals surface area (Å²) in [6, 6.07) is 4.15. The van der Waals surface area contributed by atoms with E-state index < -0.39 is 27.8 Å². The molecule has 1 aromatic carbocycles. The number of aliphatic hydroxyl groups is 1. The topological polar surface area (TPSA) is 143 Å². The first-order valence-corrected chi connectivity index (χ1v) is 10.7. The lowest BCUT2D eigenvalue weighted by molar-refractivity contribution is -0.141. The molecule has 0 aliphatic carbocycles. The number of pyridine rings is 1. The molecule has 0 radical (unpaired) electrons. The summed E-state index contributed by atoms with van der Waals surface area (Å²) < 4.78 is 32.2.